The maximum absolute atomic E-state index is 11.6. The van der Waals surface area contributed by atoms with E-state index in [1.54, 1.807) is 18.3 Å². The van der Waals surface area contributed by atoms with E-state index in [-0.39, 0.29) is 5.97 Å². The van der Waals surface area contributed by atoms with Gasteiger partial charge < -0.3 is 19.1 Å². The van der Waals surface area contributed by atoms with E-state index in [1.165, 1.54) is 12.7 Å². The van der Waals surface area contributed by atoms with E-state index in [0.717, 1.165) is 42.7 Å². The highest BCUT2D eigenvalue weighted by atomic mass is 16.5. The monoisotopic (exact) mass is 488 g/mol. The Bertz CT molecular complexity index is 1170. The molecule has 0 saturated carbocycles. The van der Waals surface area contributed by atoms with Crippen molar-refractivity contribution in [1.82, 2.24) is 4.98 Å². The molecule has 36 heavy (non-hydrogen) atoms. The summed E-state index contributed by atoms with van der Waals surface area (Å²) in [6.45, 7) is 5.60. The van der Waals surface area contributed by atoms with Crippen molar-refractivity contribution in [3.8, 4) is 5.88 Å². The quantitative estimate of drug-likeness (QED) is 0.195. The van der Waals surface area contributed by atoms with Crippen LogP contribution in [0.25, 0.3) is 0 Å². The van der Waals surface area contributed by atoms with Gasteiger partial charge in [-0.05, 0) is 43.0 Å². The Morgan fingerprint density at radius 1 is 1.14 bits per heavy atom. The number of nitrogens with one attached hydrogen (secondary N) is 1. The number of hydrogen-bond acceptors (Lipinski definition) is 8. The molecule has 8 nitrogen and oxygen atoms in total. The number of pyridine rings is 1. The fraction of sp³-hybridized carbons (Fsp3) is 0.321. The Morgan fingerprint density at radius 3 is 2.69 bits per heavy atom. The summed E-state index contributed by atoms with van der Waals surface area (Å²) in [6.07, 6.45) is 3.42. The maximum atomic E-state index is 11.6. The zero-order chi connectivity index (χ0) is 25.2. The van der Waals surface area contributed by atoms with Gasteiger partial charge in [0.2, 0.25) is 5.88 Å². The molecule has 0 unspecified atom stereocenters. The van der Waals surface area contributed by atoms with Crippen LogP contribution in [0.1, 0.15) is 33.5 Å². The Morgan fingerprint density at radius 2 is 1.94 bits per heavy atom. The third kappa shape index (κ3) is 7.29. The highest BCUT2D eigenvalue weighted by molar-refractivity contribution is 5.89. The van der Waals surface area contributed by atoms with Crippen LogP contribution in [0, 0.1) is 6.92 Å². The summed E-state index contributed by atoms with van der Waals surface area (Å²) in [5.41, 5.74) is 7.95. The average Bonchev–Trinajstić information content (AvgIpc) is 2.91. The van der Waals surface area contributed by atoms with E-state index in [9.17, 15) is 4.79 Å². The standard InChI is InChI=1S/C28H32N4O4/c1-21-5-3-6-23(17-21)20-29-31-26-18-25(32-12-15-35-16-13-32)19-27(30-26)36-14-4-7-22-8-10-24(11-9-22)28(33)34-2/h3,5-6,8-11,17-20H,4,7,12-16H2,1-2H3,(H,30,31). The predicted molar refractivity (Wildman–Crippen MR) is 141 cm³/mol. The molecule has 8 heteroatoms. The van der Waals surface area contributed by atoms with Crippen LogP contribution in [0.5, 0.6) is 5.88 Å². The number of aryl methyl sites for hydroxylation is 2. The molecule has 0 radical (unpaired) electrons. The lowest BCUT2D eigenvalue weighted by atomic mass is 10.1. The molecular formula is C28H32N4O4. The molecule has 0 aliphatic carbocycles. The van der Waals surface area contributed by atoms with Gasteiger partial charge in [0.25, 0.3) is 0 Å². The van der Waals surface area contributed by atoms with Gasteiger partial charge in [-0.15, -0.1) is 0 Å². The molecule has 2 aromatic carbocycles. The molecule has 0 amide bonds. The van der Waals surface area contributed by atoms with Crippen molar-refractivity contribution >= 4 is 23.7 Å². The van der Waals surface area contributed by atoms with Crippen LogP contribution in [0.2, 0.25) is 0 Å². The number of ether oxygens (including phenoxy) is 3. The molecule has 188 valence electrons. The number of hydrazone groups is 1. The van der Waals surface area contributed by atoms with Crippen LogP contribution < -0.4 is 15.1 Å². The molecule has 0 bridgehead atoms. The molecule has 1 aromatic heterocycles. The van der Waals surface area contributed by atoms with Crippen LogP contribution in [0.4, 0.5) is 11.5 Å². The van der Waals surface area contributed by atoms with Gasteiger partial charge >= 0.3 is 5.97 Å². The van der Waals surface area contributed by atoms with Crippen LogP contribution >= 0.6 is 0 Å². The minimum atomic E-state index is -0.330. The lowest BCUT2D eigenvalue weighted by Gasteiger charge is -2.29. The van der Waals surface area contributed by atoms with E-state index >= 15 is 0 Å². The first-order chi connectivity index (χ1) is 17.6. The molecule has 4 rings (SSSR count). The van der Waals surface area contributed by atoms with E-state index < -0.39 is 0 Å². The number of morpholine rings is 1. The number of rotatable bonds is 10. The van der Waals surface area contributed by atoms with Gasteiger partial charge in [-0.2, -0.15) is 10.1 Å². The average molecular weight is 489 g/mol. The predicted octanol–water partition coefficient (Wildman–Crippen LogP) is 4.47. The first kappa shape index (κ1) is 25.2. The summed E-state index contributed by atoms with van der Waals surface area (Å²) in [6, 6.07) is 19.5. The number of esters is 1. The van der Waals surface area contributed by atoms with Crippen molar-refractivity contribution in [3.63, 3.8) is 0 Å². The summed E-state index contributed by atoms with van der Waals surface area (Å²) < 4.78 is 16.3. The Kier molecular flexibility index (Phi) is 8.88. The van der Waals surface area contributed by atoms with E-state index in [1.807, 2.05) is 36.4 Å². The zero-order valence-corrected chi connectivity index (χ0v) is 20.8. The number of aromatic nitrogens is 1. The van der Waals surface area contributed by atoms with Gasteiger partial charge in [0.05, 0.1) is 38.7 Å². The number of anilines is 2. The topological polar surface area (TPSA) is 85.3 Å². The molecule has 3 aromatic rings. The molecule has 1 aliphatic heterocycles. The normalized spacial score (nSPS) is 13.6. The number of hydrogen-bond donors (Lipinski definition) is 1. The van der Waals surface area contributed by atoms with Crippen molar-refractivity contribution in [1.29, 1.82) is 0 Å². The van der Waals surface area contributed by atoms with Crippen LogP contribution in [-0.4, -0.2) is 57.2 Å². The maximum Gasteiger partial charge on any atom is 0.337 e. The summed E-state index contributed by atoms with van der Waals surface area (Å²) in [7, 11) is 1.38. The number of nitrogens with zero attached hydrogens (tertiary/aromatic N) is 3. The molecule has 1 N–H and O–H groups in total. The van der Waals surface area contributed by atoms with E-state index in [0.29, 0.717) is 37.1 Å². The second kappa shape index (κ2) is 12.7. The molecule has 0 spiro atoms. The Hall–Kier alpha value is -3.91. The van der Waals surface area contributed by atoms with Crippen molar-refractivity contribution < 1.29 is 19.0 Å². The fourth-order valence-electron chi connectivity index (χ4n) is 3.93. The molecular weight excluding hydrogens is 456 g/mol. The Labute approximate surface area is 211 Å². The summed E-state index contributed by atoms with van der Waals surface area (Å²) in [5, 5.41) is 4.37. The highest BCUT2D eigenvalue weighted by Gasteiger charge is 2.14. The van der Waals surface area contributed by atoms with Gasteiger partial charge in [0, 0.05) is 30.9 Å². The molecule has 1 fully saturated rings. The fourth-order valence-corrected chi connectivity index (χ4v) is 3.93. The first-order valence-corrected chi connectivity index (χ1v) is 12.1. The lowest BCUT2D eigenvalue weighted by molar-refractivity contribution is 0.0600. The van der Waals surface area contributed by atoms with Gasteiger partial charge in [-0.1, -0.05) is 42.0 Å². The van der Waals surface area contributed by atoms with Crippen molar-refractivity contribution in [2.75, 3.05) is 50.3 Å². The van der Waals surface area contributed by atoms with Crippen LogP contribution in [-0.2, 0) is 15.9 Å². The SMILES string of the molecule is COC(=O)c1ccc(CCCOc2cc(N3CCOCC3)cc(NN=Cc3cccc(C)c3)n2)cc1. The van der Waals surface area contributed by atoms with Crippen LogP contribution in [0.3, 0.4) is 0 Å². The van der Waals surface area contributed by atoms with E-state index in [2.05, 4.69) is 39.5 Å². The third-order valence-electron chi connectivity index (χ3n) is 5.83. The molecule has 2 heterocycles. The number of carbonyl (C=O) groups excluding carboxylic acids is 1. The van der Waals surface area contributed by atoms with Crippen LogP contribution in [0.15, 0.2) is 65.8 Å². The number of methoxy groups -OCH3 is 1. The smallest absolute Gasteiger partial charge is 0.337 e. The van der Waals surface area contributed by atoms with Gasteiger partial charge in [0.15, 0.2) is 5.82 Å². The van der Waals surface area contributed by atoms with Gasteiger partial charge in [-0.3, -0.25) is 5.43 Å². The number of benzene rings is 2. The van der Waals surface area contributed by atoms with Crippen molar-refractivity contribution in [2.24, 2.45) is 5.10 Å². The second-order valence-corrected chi connectivity index (χ2v) is 8.57. The second-order valence-electron chi connectivity index (χ2n) is 8.57. The number of carbonyl (C=O) groups is 1. The first-order valence-electron chi connectivity index (χ1n) is 12.1. The third-order valence-corrected chi connectivity index (χ3v) is 5.83. The minimum Gasteiger partial charge on any atom is -0.478 e. The molecule has 1 aliphatic rings. The van der Waals surface area contributed by atoms with Crippen molar-refractivity contribution in [2.45, 2.75) is 19.8 Å². The Balaban J connectivity index is 1.38. The van der Waals surface area contributed by atoms with Crippen molar-refractivity contribution in [3.05, 3.63) is 82.9 Å². The molecule has 1 saturated heterocycles. The minimum absolute atomic E-state index is 0.330. The van der Waals surface area contributed by atoms with E-state index in [4.69, 9.17) is 14.2 Å². The molecule has 0 atom stereocenters. The zero-order valence-electron chi connectivity index (χ0n) is 20.8. The summed E-state index contributed by atoms with van der Waals surface area (Å²) in [5.74, 6) is 0.841. The van der Waals surface area contributed by atoms with Gasteiger partial charge in [-0.25, -0.2) is 4.79 Å². The van der Waals surface area contributed by atoms with Gasteiger partial charge in [0.1, 0.15) is 0 Å². The summed E-state index contributed by atoms with van der Waals surface area (Å²) >= 11 is 0. The largest absolute Gasteiger partial charge is 0.478 e. The highest BCUT2D eigenvalue weighted by Crippen LogP contribution is 2.25. The summed E-state index contributed by atoms with van der Waals surface area (Å²) in [4.78, 5) is 18.5. The lowest BCUT2D eigenvalue weighted by Crippen LogP contribution is -2.36.